The van der Waals surface area contributed by atoms with Gasteiger partial charge in [-0.2, -0.15) is 18.4 Å². The molecule has 0 aliphatic carbocycles. The van der Waals surface area contributed by atoms with Gasteiger partial charge in [-0.3, -0.25) is 0 Å². The third kappa shape index (κ3) is 6.20. The lowest BCUT2D eigenvalue weighted by molar-refractivity contribution is 0.584. The van der Waals surface area contributed by atoms with Crippen LogP contribution in [0.5, 0.6) is 0 Å². The molecular weight excluding hydrogens is 380 g/mol. The van der Waals surface area contributed by atoms with Gasteiger partial charge in [-0.15, -0.1) is 0 Å². The van der Waals surface area contributed by atoms with Crippen molar-refractivity contribution in [1.82, 2.24) is 4.83 Å². The van der Waals surface area contributed by atoms with Crippen molar-refractivity contribution in [2.75, 3.05) is 0 Å². The van der Waals surface area contributed by atoms with Crippen LogP contribution in [0.3, 0.4) is 0 Å². The molecule has 0 aliphatic heterocycles. The minimum Gasteiger partial charge on any atom is -0.200 e. The zero-order chi connectivity index (χ0) is 20.5. The molecule has 0 saturated heterocycles. The van der Waals surface area contributed by atoms with Crippen LogP contribution in [0.1, 0.15) is 16.7 Å². The summed E-state index contributed by atoms with van der Waals surface area (Å²) in [6, 6.07) is 25.7. The van der Waals surface area contributed by atoms with Crippen molar-refractivity contribution in [2.24, 2.45) is 5.10 Å². The Morgan fingerprint density at radius 2 is 1.52 bits per heavy atom. The number of nitrogens with zero attached hydrogens (tertiary/aromatic N) is 1. The van der Waals surface area contributed by atoms with E-state index in [4.69, 9.17) is 0 Å². The van der Waals surface area contributed by atoms with Crippen LogP contribution in [0, 0.1) is 18.8 Å². The maximum atomic E-state index is 12.5. The quantitative estimate of drug-likeness (QED) is 0.392. The number of allylic oxidation sites excluding steroid dienone is 1. The predicted octanol–water partition coefficient (Wildman–Crippen LogP) is 4.39. The van der Waals surface area contributed by atoms with E-state index in [0.29, 0.717) is 5.71 Å². The number of hydrazone groups is 1. The molecule has 3 rings (SSSR count). The number of aryl methyl sites for hydroxylation is 1. The van der Waals surface area contributed by atoms with Gasteiger partial charge in [0.15, 0.2) is 0 Å². The lowest BCUT2D eigenvalue weighted by Crippen LogP contribution is -2.19. The highest BCUT2D eigenvalue weighted by Crippen LogP contribution is 2.10. The predicted molar refractivity (Wildman–Crippen MR) is 118 cm³/mol. The summed E-state index contributed by atoms with van der Waals surface area (Å²) in [7, 11) is -3.78. The number of benzene rings is 3. The monoisotopic (exact) mass is 400 g/mol. The van der Waals surface area contributed by atoms with Crippen LogP contribution < -0.4 is 4.83 Å². The van der Waals surface area contributed by atoms with Gasteiger partial charge < -0.3 is 0 Å². The van der Waals surface area contributed by atoms with Crippen LogP contribution in [0.4, 0.5) is 0 Å². The van der Waals surface area contributed by atoms with Crippen LogP contribution in [-0.2, 0) is 10.0 Å². The molecule has 4 nitrogen and oxygen atoms in total. The van der Waals surface area contributed by atoms with E-state index >= 15 is 0 Å². The maximum Gasteiger partial charge on any atom is 0.276 e. The molecule has 0 spiro atoms. The van der Waals surface area contributed by atoms with Crippen molar-refractivity contribution in [1.29, 1.82) is 0 Å². The largest absolute Gasteiger partial charge is 0.276 e. The Hall–Kier alpha value is -3.62. The first-order chi connectivity index (χ1) is 14.0. The normalized spacial score (nSPS) is 11.7. The van der Waals surface area contributed by atoms with E-state index in [-0.39, 0.29) is 4.90 Å². The summed E-state index contributed by atoms with van der Waals surface area (Å²) in [5.41, 5.74) is 3.05. The fraction of sp³-hybridized carbons (Fsp3) is 0.0417. The summed E-state index contributed by atoms with van der Waals surface area (Å²) in [6.07, 6.45) is 3.52. The van der Waals surface area contributed by atoms with Crippen LogP contribution >= 0.6 is 0 Å². The SMILES string of the molecule is Cc1ccc(S(=O)(=O)N/N=C(C#Cc2ccccc2)/C=C/c2ccccc2)cc1. The molecule has 0 bridgehead atoms. The summed E-state index contributed by atoms with van der Waals surface area (Å²) in [5.74, 6) is 5.92. The summed E-state index contributed by atoms with van der Waals surface area (Å²) in [6.45, 7) is 1.90. The number of nitrogens with one attached hydrogen (secondary N) is 1. The average molecular weight is 401 g/mol. The Labute approximate surface area is 171 Å². The number of hydrogen-bond donors (Lipinski definition) is 1. The minimum atomic E-state index is -3.78. The zero-order valence-corrected chi connectivity index (χ0v) is 16.7. The van der Waals surface area contributed by atoms with Crippen molar-refractivity contribution in [3.8, 4) is 11.8 Å². The molecule has 29 heavy (non-hydrogen) atoms. The fourth-order valence-electron chi connectivity index (χ4n) is 2.38. The lowest BCUT2D eigenvalue weighted by atomic mass is 10.2. The van der Waals surface area contributed by atoms with Crippen LogP contribution in [-0.4, -0.2) is 14.1 Å². The van der Waals surface area contributed by atoms with Crippen LogP contribution in [0.15, 0.2) is 101 Å². The fourth-order valence-corrected chi connectivity index (χ4v) is 3.20. The molecular formula is C24H20N2O2S. The van der Waals surface area contributed by atoms with Gasteiger partial charge in [-0.25, -0.2) is 0 Å². The lowest BCUT2D eigenvalue weighted by Gasteiger charge is -2.04. The van der Waals surface area contributed by atoms with Gasteiger partial charge in [-0.1, -0.05) is 78.2 Å². The van der Waals surface area contributed by atoms with Crippen molar-refractivity contribution >= 4 is 21.8 Å². The molecule has 0 heterocycles. The van der Waals surface area contributed by atoms with Crippen molar-refractivity contribution in [2.45, 2.75) is 11.8 Å². The highest BCUT2D eigenvalue weighted by Gasteiger charge is 2.12. The summed E-state index contributed by atoms with van der Waals surface area (Å²) in [5, 5.41) is 4.04. The second kappa shape index (κ2) is 9.54. The highest BCUT2D eigenvalue weighted by atomic mass is 32.2. The topological polar surface area (TPSA) is 58.5 Å². The van der Waals surface area contributed by atoms with Crippen molar-refractivity contribution in [3.63, 3.8) is 0 Å². The minimum absolute atomic E-state index is 0.147. The van der Waals surface area contributed by atoms with Gasteiger partial charge in [0.25, 0.3) is 10.0 Å². The smallest absolute Gasteiger partial charge is 0.200 e. The van der Waals surface area contributed by atoms with E-state index in [1.54, 1.807) is 30.3 Å². The van der Waals surface area contributed by atoms with Crippen molar-refractivity contribution in [3.05, 3.63) is 108 Å². The van der Waals surface area contributed by atoms with Gasteiger partial charge in [0.1, 0.15) is 5.71 Å². The van der Waals surface area contributed by atoms with E-state index in [2.05, 4.69) is 21.8 Å². The number of rotatable bonds is 5. The van der Waals surface area contributed by atoms with E-state index in [1.807, 2.05) is 73.7 Å². The molecule has 3 aromatic carbocycles. The molecule has 0 saturated carbocycles. The van der Waals surface area contributed by atoms with E-state index in [1.165, 1.54) is 0 Å². The first-order valence-corrected chi connectivity index (χ1v) is 10.5. The molecule has 3 aromatic rings. The standard InChI is InChI=1S/C24H20N2O2S/c1-20-12-18-24(19-13-20)29(27,28)26-25-23(16-14-21-8-4-2-5-9-21)17-15-22-10-6-3-7-11-22/h2-14,16,18-19,26H,1H3/b16-14+,25-23-. The van der Waals surface area contributed by atoms with Gasteiger partial charge in [-0.05, 0) is 48.7 Å². The van der Waals surface area contributed by atoms with E-state index in [0.717, 1.165) is 16.7 Å². The summed E-state index contributed by atoms with van der Waals surface area (Å²) >= 11 is 0. The molecule has 0 aromatic heterocycles. The Bertz CT molecular complexity index is 1170. The zero-order valence-electron chi connectivity index (χ0n) is 15.9. The highest BCUT2D eigenvalue weighted by molar-refractivity contribution is 7.89. The molecule has 144 valence electrons. The summed E-state index contributed by atoms with van der Waals surface area (Å²) < 4.78 is 25.0. The second-order valence-corrected chi connectivity index (χ2v) is 7.93. The molecule has 0 amide bonds. The van der Waals surface area contributed by atoms with E-state index in [9.17, 15) is 8.42 Å². The Morgan fingerprint density at radius 3 is 2.17 bits per heavy atom. The van der Waals surface area contributed by atoms with Gasteiger partial charge in [0.05, 0.1) is 4.90 Å². The average Bonchev–Trinajstić information content (AvgIpc) is 2.75. The number of hydrogen-bond acceptors (Lipinski definition) is 3. The summed E-state index contributed by atoms with van der Waals surface area (Å²) in [4.78, 5) is 2.42. The Balaban J connectivity index is 1.88. The molecule has 0 aliphatic rings. The molecule has 1 N–H and O–H groups in total. The third-order valence-corrected chi connectivity index (χ3v) is 5.18. The number of sulfonamides is 1. The van der Waals surface area contributed by atoms with E-state index < -0.39 is 10.0 Å². The Morgan fingerprint density at radius 1 is 0.897 bits per heavy atom. The van der Waals surface area contributed by atoms with Gasteiger partial charge >= 0.3 is 0 Å². The molecule has 0 radical (unpaired) electrons. The third-order valence-electron chi connectivity index (χ3n) is 3.96. The first kappa shape index (κ1) is 20.1. The maximum absolute atomic E-state index is 12.5. The van der Waals surface area contributed by atoms with Crippen LogP contribution in [0.25, 0.3) is 6.08 Å². The second-order valence-electron chi connectivity index (χ2n) is 6.26. The van der Waals surface area contributed by atoms with Crippen molar-refractivity contribution < 1.29 is 8.42 Å². The molecule has 0 atom stereocenters. The molecule has 5 heteroatoms. The first-order valence-electron chi connectivity index (χ1n) is 8.99. The van der Waals surface area contributed by atoms with Crippen LogP contribution in [0.2, 0.25) is 0 Å². The molecule has 0 fully saturated rings. The van der Waals surface area contributed by atoms with Gasteiger partial charge in [0.2, 0.25) is 0 Å². The Kier molecular flexibility index (Phi) is 6.62. The molecule has 0 unspecified atom stereocenters. The van der Waals surface area contributed by atoms with Gasteiger partial charge in [0, 0.05) is 5.56 Å².